The molecule has 6 heterocycles. The summed E-state index contributed by atoms with van der Waals surface area (Å²) in [6.45, 7) is 15.1. The van der Waals surface area contributed by atoms with Crippen LogP contribution in [0.1, 0.15) is 135 Å². The molecule has 16 heteroatoms. The lowest BCUT2D eigenvalue weighted by Crippen LogP contribution is -2.49. The highest BCUT2D eigenvalue weighted by Gasteiger charge is 2.33. The number of ether oxygens (including phenoxy) is 2. The molecule has 3 aliphatic heterocycles. The molecule has 0 bridgehead atoms. The summed E-state index contributed by atoms with van der Waals surface area (Å²) in [6.07, 6.45) is 9.63. The van der Waals surface area contributed by atoms with Gasteiger partial charge in [-0.05, 0) is 162 Å². The van der Waals surface area contributed by atoms with E-state index in [1.165, 1.54) is 36.3 Å². The number of carbonyl (C=O) groups excluding carboxylic acids is 4. The molecule has 7 aromatic rings. The highest BCUT2D eigenvalue weighted by atomic mass is 32.1. The van der Waals surface area contributed by atoms with E-state index in [1.54, 1.807) is 0 Å². The van der Waals surface area contributed by atoms with Crippen LogP contribution < -0.4 is 25.2 Å². The number of rotatable bonds is 14. The SMILES string of the molecule is Cc1c(OC2CCC(CCC[C@@H](C)N3CCN(c4ccc5c([C@H]6CCC(=O)NC6=O)nn(C)c5c4)CC3)CC2)cccc1-c1ccc(N2CCc3cccc(C(=O)Nc4nc5ccccc5s4)c3C2)nc1C(=O)OC(C)(C)C. The lowest BCUT2D eigenvalue weighted by molar-refractivity contribution is -0.134. The molecule has 78 heavy (non-hydrogen) atoms. The number of fused-ring (bicyclic) bond motifs is 3. The van der Waals surface area contributed by atoms with Crippen molar-refractivity contribution in [2.75, 3.05) is 47.8 Å². The molecule has 11 rings (SSSR count). The first kappa shape index (κ1) is 52.9. The Morgan fingerprint density at radius 1 is 0.846 bits per heavy atom. The van der Waals surface area contributed by atoms with Crippen LogP contribution in [-0.4, -0.2) is 98.8 Å². The van der Waals surface area contributed by atoms with Gasteiger partial charge in [-0.1, -0.05) is 60.6 Å². The zero-order chi connectivity index (χ0) is 54.2. The molecule has 0 spiro atoms. The van der Waals surface area contributed by atoms with Crippen molar-refractivity contribution in [1.29, 1.82) is 0 Å². The molecule has 0 radical (unpaired) electrons. The number of anilines is 3. The van der Waals surface area contributed by atoms with Gasteiger partial charge in [-0.2, -0.15) is 5.10 Å². The van der Waals surface area contributed by atoms with E-state index in [4.69, 9.17) is 19.6 Å². The molecule has 3 amide bonds. The topological polar surface area (TPSA) is 164 Å². The van der Waals surface area contributed by atoms with Crippen molar-refractivity contribution in [3.05, 3.63) is 125 Å². The Hall–Kier alpha value is -7.17. The third-order valence-corrected chi connectivity index (χ3v) is 17.4. The highest BCUT2D eigenvalue weighted by molar-refractivity contribution is 7.22. The van der Waals surface area contributed by atoms with E-state index in [0.29, 0.717) is 60.0 Å². The maximum absolute atomic E-state index is 14.1. The van der Waals surface area contributed by atoms with Gasteiger partial charge in [0, 0.05) is 81.0 Å². The molecular formula is C62H71N9O6S. The first-order valence-corrected chi connectivity index (χ1v) is 28.8. The number of pyridine rings is 1. The largest absolute Gasteiger partial charge is 0.490 e. The summed E-state index contributed by atoms with van der Waals surface area (Å²) in [5, 5.41) is 11.8. The minimum absolute atomic E-state index is 0.123. The van der Waals surface area contributed by atoms with E-state index in [2.05, 4.69) is 68.4 Å². The molecule has 1 aliphatic carbocycles. The molecular weight excluding hydrogens is 999 g/mol. The van der Waals surface area contributed by atoms with E-state index in [-0.39, 0.29) is 29.5 Å². The Labute approximate surface area is 460 Å². The summed E-state index contributed by atoms with van der Waals surface area (Å²) in [5.41, 5.74) is 8.46. The van der Waals surface area contributed by atoms with E-state index < -0.39 is 17.5 Å². The van der Waals surface area contributed by atoms with Crippen LogP contribution in [0.25, 0.3) is 32.2 Å². The highest BCUT2D eigenvalue weighted by Crippen LogP contribution is 2.39. The zero-order valence-corrected chi connectivity index (χ0v) is 46.6. The fraction of sp³-hybridized carbons (Fsp3) is 0.435. The number of nitrogens with zero attached hydrogens (tertiary/aromatic N) is 7. The third kappa shape index (κ3) is 11.4. The standard InChI is InChI=1S/C62H71N9O6S/c1-38(69-32-34-70(35-33-69)42-22-25-47-51(36-42)68(6)67-56(47)48-27-29-55(72)65-59(48)74)12-9-13-40-20-23-43(24-21-40)76-52-18-11-15-44(39(52)2)45-26-28-54(64-57(45)60(75)77-62(3,4)5)71-31-30-41-14-10-16-46(49(41)37-71)58(73)66-61-63-50-17-7-8-19-53(50)78-61/h7-8,10-11,14-19,22,25-26,28,36,38,40,43,48H,9,12-13,20-21,23-24,27,29-35,37H2,1-6H3,(H,63,66,73)(H,65,72,74)/t38-,40?,43?,48-/m1/s1. The number of aromatic nitrogens is 4. The Morgan fingerprint density at radius 3 is 2.42 bits per heavy atom. The number of imide groups is 1. The van der Waals surface area contributed by atoms with Gasteiger partial charge >= 0.3 is 5.97 Å². The monoisotopic (exact) mass is 1070 g/mol. The van der Waals surface area contributed by atoms with Gasteiger partial charge in [0.25, 0.3) is 5.91 Å². The predicted molar refractivity (Wildman–Crippen MR) is 308 cm³/mol. The van der Waals surface area contributed by atoms with Crippen LogP contribution in [0.2, 0.25) is 0 Å². The zero-order valence-electron chi connectivity index (χ0n) is 45.8. The number of amides is 3. The maximum atomic E-state index is 14.1. The number of piperazine rings is 1. The van der Waals surface area contributed by atoms with Crippen LogP contribution in [0.15, 0.2) is 91.0 Å². The summed E-state index contributed by atoms with van der Waals surface area (Å²) >= 11 is 1.45. The number of thiazole rings is 1. The van der Waals surface area contributed by atoms with Crippen LogP contribution in [-0.2, 0) is 34.3 Å². The van der Waals surface area contributed by atoms with E-state index in [0.717, 1.165) is 113 Å². The Morgan fingerprint density at radius 2 is 1.64 bits per heavy atom. The van der Waals surface area contributed by atoms with Gasteiger partial charge in [-0.15, -0.1) is 0 Å². The summed E-state index contributed by atoms with van der Waals surface area (Å²) < 4.78 is 15.7. The minimum Gasteiger partial charge on any atom is -0.490 e. The molecule has 1 saturated carbocycles. The smallest absolute Gasteiger partial charge is 0.358 e. The lowest BCUT2D eigenvalue weighted by atomic mass is 9.84. The summed E-state index contributed by atoms with van der Waals surface area (Å²) in [5.74, 6) is 0.590. The van der Waals surface area contributed by atoms with Gasteiger partial charge < -0.3 is 19.3 Å². The van der Waals surface area contributed by atoms with Crippen LogP contribution >= 0.6 is 11.3 Å². The second kappa shape index (κ2) is 22.3. The molecule has 15 nitrogen and oxygen atoms in total. The van der Waals surface area contributed by atoms with E-state index in [1.807, 2.05) is 99.2 Å². The molecule has 3 fully saturated rings. The number of hydrogen-bond acceptors (Lipinski definition) is 13. The number of piperidine rings is 1. The van der Waals surface area contributed by atoms with Gasteiger partial charge in [-0.3, -0.25) is 34.6 Å². The fourth-order valence-electron chi connectivity index (χ4n) is 12.1. The predicted octanol–water partition coefficient (Wildman–Crippen LogP) is 11.2. The van der Waals surface area contributed by atoms with E-state index in [9.17, 15) is 19.2 Å². The molecule has 4 aliphatic rings. The molecule has 406 valence electrons. The second-order valence-electron chi connectivity index (χ2n) is 22.8. The van der Waals surface area contributed by atoms with Crippen molar-refractivity contribution < 1.29 is 28.7 Å². The van der Waals surface area contributed by atoms with Crippen molar-refractivity contribution in [2.24, 2.45) is 13.0 Å². The minimum atomic E-state index is -0.731. The average Bonchev–Trinajstić information content (AvgIpc) is 4.15. The van der Waals surface area contributed by atoms with E-state index >= 15 is 0 Å². The van der Waals surface area contributed by atoms with Gasteiger partial charge in [0.05, 0.1) is 33.4 Å². The quantitative estimate of drug-likeness (QED) is 0.0784. The van der Waals surface area contributed by atoms with Crippen molar-refractivity contribution >= 4 is 72.8 Å². The number of aryl methyl sites for hydroxylation is 1. The maximum Gasteiger partial charge on any atom is 0.358 e. The third-order valence-electron chi connectivity index (χ3n) is 16.5. The normalized spacial score (nSPS) is 19.6. The first-order valence-electron chi connectivity index (χ1n) is 28.0. The second-order valence-corrected chi connectivity index (χ2v) is 23.9. The number of nitrogens with one attached hydrogen (secondary N) is 2. The van der Waals surface area contributed by atoms with Crippen molar-refractivity contribution in [3.63, 3.8) is 0 Å². The number of hydrogen-bond donors (Lipinski definition) is 2. The number of benzene rings is 4. The van der Waals surface area contributed by atoms with Crippen LogP contribution in [0.4, 0.5) is 16.6 Å². The van der Waals surface area contributed by atoms with Crippen LogP contribution in [0.5, 0.6) is 5.75 Å². The Kier molecular flexibility index (Phi) is 15.1. The molecule has 3 aromatic heterocycles. The molecule has 2 N–H and O–H groups in total. The lowest BCUT2D eigenvalue weighted by Gasteiger charge is -2.39. The molecule has 2 atom stereocenters. The molecule has 0 unspecified atom stereocenters. The van der Waals surface area contributed by atoms with Crippen LogP contribution in [0, 0.1) is 12.8 Å². The van der Waals surface area contributed by atoms with Gasteiger partial charge in [0.1, 0.15) is 17.2 Å². The van der Waals surface area contributed by atoms with Gasteiger partial charge in [0.15, 0.2) is 10.8 Å². The number of carbonyl (C=O) groups is 4. The van der Waals surface area contributed by atoms with Crippen molar-refractivity contribution in [3.8, 4) is 16.9 Å². The molecule has 4 aromatic carbocycles. The first-order chi connectivity index (χ1) is 37.6. The van der Waals surface area contributed by atoms with Gasteiger partial charge in [-0.25, -0.2) is 14.8 Å². The molecule has 2 saturated heterocycles. The average molecular weight is 1070 g/mol. The van der Waals surface area contributed by atoms with Crippen molar-refractivity contribution in [1.82, 2.24) is 30.0 Å². The summed E-state index contributed by atoms with van der Waals surface area (Å²) in [7, 11) is 1.93. The number of para-hydroxylation sites is 1. The Balaban J connectivity index is 0.683. The van der Waals surface area contributed by atoms with Crippen molar-refractivity contribution in [2.45, 2.75) is 129 Å². The summed E-state index contributed by atoms with van der Waals surface area (Å²) in [4.78, 5) is 69.3. The fourth-order valence-corrected chi connectivity index (χ4v) is 13.0. The van der Waals surface area contributed by atoms with Gasteiger partial charge in [0.2, 0.25) is 11.8 Å². The summed E-state index contributed by atoms with van der Waals surface area (Å²) in [6, 6.07) is 30.7. The number of esters is 1. The van der Waals surface area contributed by atoms with Crippen LogP contribution in [0.3, 0.4) is 0 Å². The Bertz CT molecular complexity index is 3370.